The molecule has 0 aromatic heterocycles. The van der Waals surface area contributed by atoms with Gasteiger partial charge in [-0.3, -0.25) is 16.7 Å². The molecule has 1 aromatic carbocycles. The molecule has 1 aliphatic carbocycles. The SMILES string of the molecule is CNCc1ccc(/C2=C(/C)C3CC(/C=N\N2)CC3CNN)cc1. The Bertz CT molecular complexity index is 590. The van der Waals surface area contributed by atoms with Gasteiger partial charge in [0.15, 0.2) is 0 Å². The van der Waals surface area contributed by atoms with Gasteiger partial charge in [0.1, 0.15) is 0 Å². The number of fused-ring (bicyclic) bond motifs is 2. The number of hydrogen-bond donors (Lipinski definition) is 4. The van der Waals surface area contributed by atoms with Crippen molar-refractivity contribution in [1.29, 1.82) is 0 Å². The Hall–Kier alpha value is -1.69. The van der Waals surface area contributed by atoms with E-state index >= 15 is 0 Å². The molecule has 3 atom stereocenters. The van der Waals surface area contributed by atoms with Gasteiger partial charge < -0.3 is 5.32 Å². The topological polar surface area (TPSA) is 74.5 Å². The molecule has 5 N–H and O–H groups in total. The van der Waals surface area contributed by atoms with Crippen LogP contribution in [0.5, 0.6) is 0 Å². The second-order valence-electron chi connectivity index (χ2n) is 6.68. The van der Waals surface area contributed by atoms with E-state index in [1.165, 1.54) is 23.1 Å². The third kappa shape index (κ3) is 3.47. The zero-order chi connectivity index (χ0) is 16.2. The first kappa shape index (κ1) is 16.2. The number of allylic oxidation sites excluding steroid dienone is 1. The summed E-state index contributed by atoms with van der Waals surface area (Å²) in [5, 5.41) is 7.66. The van der Waals surface area contributed by atoms with Crippen molar-refractivity contribution in [3.63, 3.8) is 0 Å². The molecule has 0 radical (unpaired) electrons. The molecular weight excluding hydrogens is 286 g/mol. The maximum Gasteiger partial charge on any atom is 0.0626 e. The molecule has 1 fully saturated rings. The van der Waals surface area contributed by atoms with Gasteiger partial charge in [0.05, 0.1) is 5.70 Å². The predicted octanol–water partition coefficient (Wildman–Crippen LogP) is 1.83. The Morgan fingerprint density at radius 2 is 2.04 bits per heavy atom. The quantitative estimate of drug-likeness (QED) is 0.494. The van der Waals surface area contributed by atoms with E-state index < -0.39 is 0 Å². The third-order valence-corrected chi connectivity index (χ3v) is 5.15. The molecule has 124 valence electrons. The summed E-state index contributed by atoms with van der Waals surface area (Å²) in [5.41, 5.74) is 11.2. The van der Waals surface area contributed by atoms with E-state index in [0.717, 1.165) is 25.2 Å². The molecule has 3 unspecified atom stereocenters. The number of hydrazone groups is 1. The highest BCUT2D eigenvalue weighted by atomic mass is 15.3. The molecule has 5 heteroatoms. The molecule has 2 bridgehead atoms. The molecule has 2 aliphatic rings. The fourth-order valence-corrected chi connectivity index (χ4v) is 3.96. The number of rotatable bonds is 5. The molecule has 1 aliphatic heterocycles. The molecule has 5 nitrogen and oxygen atoms in total. The minimum absolute atomic E-state index is 0.556. The van der Waals surface area contributed by atoms with Crippen molar-refractivity contribution >= 4 is 11.9 Å². The van der Waals surface area contributed by atoms with Crippen LogP contribution >= 0.6 is 0 Å². The summed E-state index contributed by atoms with van der Waals surface area (Å²) in [6.07, 6.45) is 4.40. The van der Waals surface area contributed by atoms with Crippen LogP contribution in [0.1, 0.15) is 30.9 Å². The van der Waals surface area contributed by atoms with Crippen molar-refractivity contribution in [1.82, 2.24) is 16.2 Å². The summed E-state index contributed by atoms with van der Waals surface area (Å²) >= 11 is 0. The van der Waals surface area contributed by atoms with Crippen molar-refractivity contribution in [2.24, 2.45) is 28.7 Å². The number of nitrogens with one attached hydrogen (secondary N) is 3. The van der Waals surface area contributed by atoms with Crippen molar-refractivity contribution in [3.8, 4) is 0 Å². The van der Waals surface area contributed by atoms with Gasteiger partial charge in [-0.05, 0) is 61.3 Å². The van der Waals surface area contributed by atoms with E-state index in [4.69, 9.17) is 5.84 Å². The lowest BCUT2D eigenvalue weighted by Gasteiger charge is -2.23. The van der Waals surface area contributed by atoms with Crippen LogP contribution in [0.2, 0.25) is 0 Å². The van der Waals surface area contributed by atoms with E-state index in [0.29, 0.717) is 17.8 Å². The monoisotopic (exact) mass is 313 g/mol. The lowest BCUT2D eigenvalue weighted by atomic mass is 9.86. The molecule has 0 saturated heterocycles. The Balaban J connectivity index is 1.91. The van der Waals surface area contributed by atoms with Gasteiger partial charge in [0.25, 0.3) is 0 Å². The van der Waals surface area contributed by atoms with Crippen LogP contribution in [0.15, 0.2) is 34.9 Å². The van der Waals surface area contributed by atoms with Gasteiger partial charge in [0, 0.05) is 19.3 Å². The first-order valence-electron chi connectivity index (χ1n) is 8.40. The maximum absolute atomic E-state index is 5.58. The summed E-state index contributed by atoms with van der Waals surface area (Å²) < 4.78 is 0. The van der Waals surface area contributed by atoms with Gasteiger partial charge in [-0.2, -0.15) is 5.10 Å². The fourth-order valence-electron chi connectivity index (χ4n) is 3.96. The zero-order valence-corrected chi connectivity index (χ0v) is 14.0. The highest BCUT2D eigenvalue weighted by Gasteiger charge is 2.36. The predicted molar refractivity (Wildman–Crippen MR) is 95.3 cm³/mol. The smallest absolute Gasteiger partial charge is 0.0626 e. The first-order chi connectivity index (χ1) is 11.2. The average molecular weight is 313 g/mol. The second kappa shape index (κ2) is 7.25. The van der Waals surface area contributed by atoms with Crippen molar-refractivity contribution in [2.75, 3.05) is 13.6 Å². The summed E-state index contributed by atoms with van der Waals surface area (Å²) in [7, 11) is 1.97. The maximum atomic E-state index is 5.58. The van der Waals surface area contributed by atoms with Gasteiger partial charge in [-0.1, -0.05) is 24.3 Å². The standard InChI is InChI=1S/C18H27N5/c1-12-17-8-14(7-16(17)11-21-19)10-22-23-18(12)15-5-3-13(4-6-15)9-20-2/h3-6,10,14,16-17,20-21,23H,7-9,11,19H2,1-2H3/b18-12+,22-10-. The van der Waals surface area contributed by atoms with E-state index in [1.807, 2.05) is 7.05 Å². The highest BCUT2D eigenvalue weighted by Crippen LogP contribution is 2.42. The summed E-state index contributed by atoms with van der Waals surface area (Å²) in [4.78, 5) is 0. The molecule has 3 rings (SSSR count). The Morgan fingerprint density at radius 1 is 1.26 bits per heavy atom. The Kier molecular flexibility index (Phi) is 5.10. The van der Waals surface area contributed by atoms with Crippen molar-refractivity contribution in [2.45, 2.75) is 26.3 Å². The Labute approximate surface area is 138 Å². The molecule has 1 heterocycles. The molecular formula is C18H27N5. The lowest BCUT2D eigenvalue weighted by molar-refractivity contribution is 0.413. The summed E-state index contributed by atoms with van der Waals surface area (Å²) in [5.74, 6) is 7.28. The van der Waals surface area contributed by atoms with Gasteiger partial charge in [0.2, 0.25) is 0 Å². The second-order valence-corrected chi connectivity index (χ2v) is 6.68. The third-order valence-electron chi connectivity index (χ3n) is 5.15. The van der Waals surface area contributed by atoms with Crippen LogP contribution in [0, 0.1) is 17.8 Å². The average Bonchev–Trinajstić information content (AvgIpc) is 2.96. The van der Waals surface area contributed by atoms with Crippen LogP contribution in [0.3, 0.4) is 0 Å². The minimum Gasteiger partial charge on any atom is -0.316 e. The summed E-state index contributed by atoms with van der Waals surface area (Å²) in [6.45, 7) is 3.99. The normalized spacial score (nSPS) is 31.3. The van der Waals surface area contributed by atoms with E-state index in [2.05, 4.69) is 58.7 Å². The highest BCUT2D eigenvalue weighted by molar-refractivity contribution is 5.71. The number of nitrogens with two attached hydrogens (primary N) is 1. The van der Waals surface area contributed by atoms with Crippen LogP contribution in [-0.2, 0) is 6.54 Å². The molecule has 1 aromatic rings. The number of nitrogens with zero attached hydrogens (tertiary/aromatic N) is 1. The lowest BCUT2D eigenvalue weighted by Crippen LogP contribution is -2.31. The van der Waals surface area contributed by atoms with E-state index in [1.54, 1.807) is 0 Å². The van der Waals surface area contributed by atoms with Crippen LogP contribution < -0.4 is 22.0 Å². The van der Waals surface area contributed by atoms with Crippen LogP contribution in [-0.4, -0.2) is 19.8 Å². The summed E-state index contributed by atoms with van der Waals surface area (Å²) in [6, 6.07) is 8.70. The number of benzene rings is 1. The molecule has 23 heavy (non-hydrogen) atoms. The largest absolute Gasteiger partial charge is 0.316 e. The van der Waals surface area contributed by atoms with Gasteiger partial charge >= 0.3 is 0 Å². The van der Waals surface area contributed by atoms with Crippen LogP contribution in [0.4, 0.5) is 0 Å². The van der Waals surface area contributed by atoms with Gasteiger partial charge in [-0.25, -0.2) is 0 Å². The molecule has 0 spiro atoms. The van der Waals surface area contributed by atoms with E-state index in [-0.39, 0.29) is 0 Å². The van der Waals surface area contributed by atoms with Crippen molar-refractivity contribution in [3.05, 3.63) is 41.0 Å². The van der Waals surface area contributed by atoms with Crippen molar-refractivity contribution < 1.29 is 0 Å². The van der Waals surface area contributed by atoms with E-state index in [9.17, 15) is 0 Å². The zero-order valence-electron chi connectivity index (χ0n) is 14.0. The van der Waals surface area contributed by atoms with Gasteiger partial charge in [-0.15, -0.1) is 0 Å². The molecule has 1 saturated carbocycles. The number of hydrogen-bond acceptors (Lipinski definition) is 5. The Morgan fingerprint density at radius 3 is 2.74 bits per heavy atom. The molecule has 0 amide bonds. The number of hydrazine groups is 1. The van der Waals surface area contributed by atoms with Crippen LogP contribution in [0.25, 0.3) is 5.70 Å². The minimum atomic E-state index is 0.556. The first-order valence-corrected chi connectivity index (χ1v) is 8.40. The fraction of sp³-hybridized carbons (Fsp3) is 0.500.